The Morgan fingerprint density at radius 3 is 2.34 bits per heavy atom. The summed E-state index contributed by atoms with van der Waals surface area (Å²) in [6, 6.07) is 1.45. The molecule has 0 aromatic heterocycles. The fourth-order valence-corrected chi connectivity index (χ4v) is 4.66. The van der Waals surface area contributed by atoms with E-state index in [0.717, 1.165) is 57.8 Å². The Morgan fingerprint density at radius 2 is 1.76 bits per heavy atom. The molecule has 0 aromatic rings. The summed E-state index contributed by atoms with van der Waals surface area (Å²) in [4.78, 5) is 21.7. The molecule has 1 unspecified atom stereocenters. The van der Waals surface area contributed by atoms with E-state index < -0.39 is 0 Å². The minimum absolute atomic E-state index is 0. The number of nitrogens with zero attached hydrogens (tertiary/aromatic N) is 3. The van der Waals surface area contributed by atoms with E-state index in [1.165, 1.54) is 19.3 Å². The number of halogens is 1. The molecule has 7 heteroatoms. The number of likely N-dealkylation sites (tertiary alicyclic amines) is 1. The number of guanidine groups is 1. The van der Waals surface area contributed by atoms with E-state index in [2.05, 4.69) is 53.1 Å². The highest BCUT2D eigenvalue weighted by atomic mass is 127. The maximum Gasteiger partial charge on any atom is 0.225 e. The van der Waals surface area contributed by atoms with E-state index in [1.807, 2.05) is 7.05 Å². The number of hydrogen-bond donors (Lipinski definition) is 2. The number of amides is 1. The Balaban J connectivity index is 0.00000420. The number of carbonyl (C=O) groups is 1. The van der Waals surface area contributed by atoms with Crippen LogP contribution in [0.3, 0.4) is 0 Å². The highest BCUT2D eigenvalue weighted by Gasteiger charge is 2.31. The van der Waals surface area contributed by atoms with Gasteiger partial charge >= 0.3 is 0 Å². The van der Waals surface area contributed by atoms with Gasteiger partial charge in [-0.15, -0.1) is 24.0 Å². The number of nitrogens with one attached hydrogen (secondary N) is 2. The zero-order valence-electron chi connectivity index (χ0n) is 19.2. The first kappa shape index (κ1) is 26.5. The summed E-state index contributed by atoms with van der Waals surface area (Å²) in [5.74, 6) is 1.52. The third-order valence-corrected chi connectivity index (χ3v) is 6.23. The van der Waals surface area contributed by atoms with Crippen LogP contribution in [-0.2, 0) is 4.79 Å². The Hall–Kier alpha value is -0.570. The van der Waals surface area contributed by atoms with Gasteiger partial charge in [0.2, 0.25) is 5.91 Å². The van der Waals surface area contributed by atoms with Gasteiger partial charge in [0.15, 0.2) is 5.96 Å². The lowest BCUT2D eigenvalue weighted by atomic mass is 9.88. The normalized spacial score (nSPS) is 21.0. The topological polar surface area (TPSA) is 60.0 Å². The molecule has 0 spiro atoms. The van der Waals surface area contributed by atoms with Crippen molar-refractivity contribution in [3.05, 3.63) is 0 Å². The molecule has 0 radical (unpaired) electrons. The van der Waals surface area contributed by atoms with Crippen molar-refractivity contribution < 1.29 is 4.79 Å². The van der Waals surface area contributed by atoms with Crippen LogP contribution in [-0.4, -0.2) is 73.0 Å². The highest BCUT2D eigenvalue weighted by molar-refractivity contribution is 14.0. The van der Waals surface area contributed by atoms with Crippen LogP contribution in [0.2, 0.25) is 0 Å². The van der Waals surface area contributed by atoms with Crippen molar-refractivity contribution in [2.24, 2.45) is 10.9 Å². The van der Waals surface area contributed by atoms with Crippen molar-refractivity contribution in [2.75, 3.05) is 33.2 Å². The van der Waals surface area contributed by atoms with Gasteiger partial charge in [-0.3, -0.25) is 14.7 Å². The van der Waals surface area contributed by atoms with Crippen molar-refractivity contribution in [3.8, 4) is 0 Å². The molecule has 6 nitrogen and oxygen atoms in total. The summed E-state index contributed by atoms with van der Waals surface area (Å²) in [5.41, 5.74) is 0. The maximum absolute atomic E-state index is 12.7. The number of hydrogen-bond acceptors (Lipinski definition) is 3. The van der Waals surface area contributed by atoms with Crippen molar-refractivity contribution >= 4 is 35.8 Å². The second-order valence-corrected chi connectivity index (χ2v) is 9.03. The molecular formula is C22H44IN5O. The van der Waals surface area contributed by atoms with Gasteiger partial charge in [-0.05, 0) is 53.4 Å². The molecule has 2 fully saturated rings. The van der Waals surface area contributed by atoms with Gasteiger partial charge in [0.1, 0.15) is 0 Å². The summed E-state index contributed by atoms with van der Waals surface area (Å²) >= 11 is 0. The first-order valence-corrected chi connectivity index (χ1v) is 11.4. The Bertz CT molecular complexity index is 497. The van der Waals surface area contributed by atoms with Gasteiger partial charge in [0.25, 0.3) is 0 Å². The molecule has 2 aliphatic rings. The average Bonchev–Trinajstić information content (AvgIpc) is 3.14. The summed E-state index contributed by atoms with van der Waals surface area (Å²) in [7, 11) is 1.82. The van der Waals surface area contributed by atoms with E-state index in [9.17, 15) is 4.79 Å². The fourth-order valence-electron chi connectivity index (χ4n) is 4.66. The van der Waals surface area contributed by atoms with Crippen LogP contribution in [0.5, 0.6) is 0 Å². The van der Waals surface area contributed by atoms with E-state index in [-0.39, 0.29) is 29.9 Å². The maximum atomic E-state index is 12.7. The number of rotatable bonds is 8. The first-order chi connectivity index (χ1) is 13.4. The highest BCUT2D eigenvalue weighted by Crippen LogP contribution is 2.26. The molecule has 2 N–H and O–H groups in total. The van der Waals surface area contributed by atoms with Crippen LogP contribution in [0.4, 0.5) is 0 Å². The van der Waals surface area contributed by atoms with Crippen molar-refractivity contribution in [3.63, 3.8) is 0 Å². The van der Waals surface area contributed by atoms with Crippen molar-refractivity contribution in [2.45, 2.75) is 90.8 Å². The minimum atomic E-state index is 0. The van der Waals surface area contributed by atoms with Gasteiger partial charge in [0.05, 0.1) is 0 Å². The van der Waals surface area contributed by atoms with E-state index >= 15 is 0 Å². The third kappa shape index (κ3) is 8.59. The SMILES string of the molecule is CN=C(NCCCN(C(C)C)C(C)C)NC1CCN(C(=O)C2CCCCC2)C1.I. The second-order valence-electron chi connectivity index (χ2n) is 9.03. The lowest BCUT2D eigenvalue weighted by molar-refractivity contribution is -0.135. The summed E-state index contributed by atoms with van der Waals surface area (Å²) < 4.78 is 0. The monoisotopic (exact) mass is 521 g/mol. The second kappa shape index (κ2) is 13.7. The zero-order valence-corrected chi connectivity index (χ0v) is 21.6. The molecule has 170 valence electrons. The van der Waals surface area contributed by atoms with Crippen LogP contribution in [0.25, 0.3) is 0 Å². The molecule has 2 rings (SSSR count). The molecule has 0 bridgehead atoms. The molecule has 1 atom stereocenters. The summed E-state index contributed by atoms with van der Waals surface area (Å²) in [5, 5.41) is 6.96. The molecule has 1 saturated carbocycles. The van der Waals surface area contributed by atoms with Crippen LogP contribution < -0.4 is 10.6 Å². The van der Waals surface area contributed by atoms with Gasteiger partial charge < -0.3 is 15.5 Å². The molecule has 1 aliphatic carbocycles. The van der Waals surface area contributed by atoms with Crippen LogP contribution in [0.1, 0.15) is 72.6 Å². The Labute approximate surface area is 195 Å². The smallest absolute Gasteiger partial charge is 0.225 e. The van der Waals surface area contributed by atoms with Gasteiger partial charge in [0, 0.05) is 57.3 Å². The Kier molecular flexibility index (Phi) is 12.5. The number of carbonyl (C=O) groups excluding carboxylic acids is 1. The van der Waals surface area contributed by atoms with Gasteiger partial charge in [-0.1, -0.05) is 19.3 Å². The van der Waals surface area contributed by atoms with Gasteiger partial charge in [-0.25, -0.2) is 0 Å². The van der Waals surface area contributed by atoms with Crippen molar-refractivity contribution in [1.82, 2.24) is 20.4 Å². The van der Waals surface area contributed by atoms with E-state index in [1.54, 1.807) is 0 Å². The summed E-state index contributed by atoms with van der Waals surface area (Å²) in [6.07, 6.45) is 7.99. The standard InChI is InChI=1S/C22H43N5O.HI/c1-17(2)27(18(3)4)14-9-13-24-22(23-5)25-20-12-15-26(16-20)21(28)19-10-7-6-8-11-19;/h17-20H,6-16H2,1-5H3,(H2,23,24,25);1H. The predicted octanol–water partition coefficient (Wildman–Crippen LogP) is 3.46. The predicted molar refractivity (Wildman–Crippen MR) is 133 cm³/mol. The van der Waals surface area contributed by atoms with E-state index in [0.29, 0.717) is 24.0 Å². The molecule has 1 heterocycles. The lowest BCUT2D eigenvalue weighted by Crippen LogP contribution is -2.46. The Morgan fingerprint density at radius 1 is 1.10 bits per heavy atom. The molecular weight excluding hydrogens is 477 g/mol. The largest absolute Gasteiger partial charge is 0.356 e. The van der Waals surface area contributed by atoms with E-state index in [4.69, 9.17) is 0 Å². The minimum Gasteiger partial charge on any atom is -0.356 e. The third-order valence-electron chi connectivity index (χ3n) is 6.23. The molecule has 0 aromatic carbocycles. The zero-order chi connectivity index (χ0) is 20.5. The van der Waals surface area contributed by atoms with Crippen LogP contribution in [0, 0.1) is 5.92 Å². The molecule has 1 aliphatic heterocycles. The van der Waals surface area contributed by atoms with Crippen LogP contribution >= 0.6 is 24.0 Å². The molecule has 1 saturated heterocycles. The average molecular weight is 522 g/mol. The van der Waals surface area contributed by atoms with Gasteiger partial charge in [-0.2, -0.15) is 0 Å². The first-order valence-electron chi connectivity index (χ1n) is 11.4. The van der Waals surface area contributed by atoms with Crippen molar-refractivity contribution in [1.29, 1.82) is 0 Å². The molecule has 29 heavy (non-hydrogen) atoms. The van der Waals surface area contributed by atoms with Crippen LogP contribution in [0.15, 0.2) is 4.99 Å². The lowest BCUT2D eigenvalue weighted by Gasteiger charge is -2.30. The number of aliphatic imine (C=N–C) groups is 1. The fraction of sp³-hybridized carbons (Fsp3) is 0.909. The molecule has 1 amide bonds. The summed E-state index contributed by atoms with van der Waals surface area (Å²) in [6.45, 7) is 12.7. The quantitative estimate of drug-likeness (QED) is 0.222.